The molecule has 1 aliphatic heterocycles. The van der Waals surface area contributed by atoms with Crippen molar-refractivity contribution in [3.8, 4) is 17.0 Å². The largest absolute Gasteiger partial charge is 0.442 e. The molecule has 1 aliphatic rings. The highest BCUT2D eigenvalue weighted by molar-refractivity contribution is 5.93. The van der Waals surface area contributed by atoms with E-state index in [4.69, 9.17) is 9.47 Å². The van der Waals surface area contributed by atoms with Crippen molar-refractivity contribution >= 4 is 23.1 Å². The Kier molecular flexibility index (Phi) is 5.78. The van der Waals surface area contributed by atoms with Crippen molar-refractivity contribution in [1.29, 1.82) is 0 Å². The smallest absolute Gasteiger partial charge is 0.225 e. The van der Waals surface area contributed by atoms with Gasteiger partial charge in [0.2, 0.25) is 5.88 Å². The van der Waals surface area contributed by atoms with Gasteiger partial charge in [0.1, 0.15) is 11.3 Å². The lowest BCUT2D eigenvalue weighted by atomic mass is 10.0. The minimum atomic E-state index is -0.437. The van der Waals surface area contributed by atoms with Gasteiger partial charge < -0.3 is 9.47 Å². The van der Waals surface area contributed by atoms with E-state index in [-0.39, 0.29) is 12.1 Å². The number of halogens is 1. The topological polar surface area (TPSA) is 86.0 Å². The van der Waals surface area contributed by atoms with Crippen LogP contribution in [-0.4, -0.2) is 55.4 Å². The number of fused-ring (bicyclic) bond motifs is 4. The van der Waals surface area contributed by atoms with E-state index in [0.29, 0.717) is 52.6 Å². The number of hydrogen-bond donors (Lipinski definition) is 1. The van der Waals surface area contributed by atoms with E-state index in [1.165, 1.54) is 6.07 Å². The Balaban J connectivity index is 1.76. The van der Waals surface area contributed by atoms with Gasteiger partial charge in [-0.3, -0.25) is 14.7 Å². The summed E-state index contributed by atoms with van der Waals surface area (Å²) in [6.07, 6.45) is 3.92. The monoisotopic (exact) mass is 477 g/mol. The van der Waals surface area contributed by atoms with Gasteiger partial charge >= 0.3 is 0 Å². The molecule has 1 N–H and O–H groups in total. The van der Waals surface area contributed by atoms with Gasteiger partial charge in [-0.15, -0.1) is 0 Å². The van der Waals surface area contributed by atoms with E-state index in [1.807, 2.05) is 43.9 Å². The van der Waals surface area contributed by atoms with Crippen LogP contribution in [-0.2, 0) is 32.0 Å². The Bertz CT molecular complexity index is 1480. The van der Waals surface area contributed by atoms with E-state index in [2.05, 4.69) is 31.9 Å². The Hall–Kier alpha value is -3.76. The molecule has 0 fully saturated rings. The molecule has 182 valence electrons. The third-order valence-corrected chi connectivity index (χ3v) is 6.19. The number of aromatic nitrogens is 6. The second-order valence-corrected chi connectivity index (χ2v) is 8.89. The number of nitrogens with one attached hydrogen (secondary N) is 1. The summed E-state index contributed by atoms with van der Waals surface area (Å²) >= 11 is 0. The van der Waals surface area contributed by atoms with Crippen molar-refractivity contribution in [2.24, 2.45) is 14.1 Å². The third kappa shape index (κ3) is 4.04. The minimum absolute atomic E-state index is 0.248. The molecule has 0 saturated heterocycles. The van der Waals surface area contributed by atoms with Crippen LogP contribution in [0.5, 0.6) is 5.88 Å². The highest BCUT2D eigenvalue weighted by atomic mass is 19.1. The van der Waals surface area contributed by atoms with E-state index < -0.39 is 5.82 Å². The summed E-state index contributed by atoms with van der Waals surface area (Å²) in [6.45, 7) is 7.48. The van der Waals surface area contributed by atoms with Crippen molar-refractivity contribution in [3.63, 3.8) is 0 Å². The number of methoxy groups -OCH3 is 1. The zero-order valence-corrected chi connectivity index (χ0v) is 20.5. The Morgan fingerprint density at radius 1 is 1.14 bits per heavy atom. The molecule has 0 radical (unpaired) electrons. The van der Waals surface area contributed by atoms with Gasteiger partial charge in [0, 0.05) is 38.7 Å². The third-order valence-electron chi connectivity index (χ3n) is 6.19. The highest BCUT2D eigenvalue weighted by Gasteiger charge is 2.24. The standard InChI is InChI=1S/C25H28FN7O2/c1-14-11-31(3)12-22-17(15(2)29-32(22)4)7-8-20-18-9-16(10-19(26)24(18)28-27-20)23-21(13-34-6)30-33(5)25(23)35-14/h7-10H,1,11-13H2,2-6H3,(H,27,28)/b8-7+. The second kappa shape index (κ2) is 8.79. The first-order valence-corrected chi connectivity index (χ1v) is 11.2. The number of H-pyrrole nitrogens is 1. The van der Waals surface area contributed by atoms with Gasteiger partial charge in [-0.05, 0) is 43.8 Å². The summed E-state index contributed by atoms with van der Waals surface area (Å²) in [4.78, 5) is 2.11. The van der Waals surface area contributed by atoms with Crippen LogP contribution in [0.15, 0.2) is 24.5 Å². The van der Waals surface area contributed by atoms with Gasteiger partial charge in [0.05, 0.1) is 41.5 Å². The number of aryl methyl sites for hydroxylation is 3. The maximum atomic E-state index is 15.2. The number of hydrogen-bond acceptors (Lipinski definition) is 6. The lowest BCUT2D eigenvalue weighted by Gasteiger charge is -2.19. The van der Waals surface area contributed by atoms with Crippen LogP contribution < -0.4 is 4.74 Å². The van der Waals surface area contributed by atoms with Crippen LogP contribution in [0.4, 0.5) is 4.39 Å². The molecule has 0 amide bonds. The maximum absolute atomic E-state index is 15.2. The zero-order valence-electron chi connectivity index (χ0n) is 20.5. The van der Waals surface area contributed by atoms with Crippen molar-refractivity contribution in [1.82, 2.24) is 34.7 Å². The summed E-state index contributed by atoms with van der Waals surface area (Å²) in [7, 11) is 7.31. The first-order valence-electron chi connectivity index (χ1n) is 11.2. The normalized spacial score (nSPS) is 15.5. The molecule has 5 rings (SSSR count). The first-order chi connectivity index (χ1) is 16.8. The molecule has 0 saturated carbocycles. The highest BCUT2D eigenvalue weighted by Crippen LogP contribution is 2.38. The molecular weight excluding hydrogens is 449 g/mol. The molecule has 4 heterocycles. The summed E-state index contributed by atoms with van der Waals surface area (Å²) < 4.78 is 30.4. The molecule has 0 atom stereocenters. The lowest BCUT2D eigenvalue weighted by Crippen LogP contribution is -2.24. The van der Waals surface area contributed by atoms with Gasteiger partial charge in [-0.1, -0.05) is 6.58 Å². The van der Waals surface area contributed by atoms with E-state index >= 15 is 4.39 Å². The number of nitrogens with zero attached hydrogens (tertiary/aromatic N) is 6. The Morgan fingerprint density at radius 3 is 2.71 bits per heavy atom. The van der Waals surface area contributed by atoms with E-state index in [0.717, 1.165) is 17.0 Å². The fourth-order valence-electron chi connectivity index (χ4n) is 4.65. The van der Waals surface area contributed by atoms with Gasteiger partial charge in [0.25, 0.3) is 0 Å². The van der Waals surface area contributed by atoms with Crippen LogP contribution in [0.3, 0.4) is 0 Å². The maximum Gasteiger partial charge on any atom is 0.225 e. The number of rotatable bonds is 2. The molecular formula is C25H28FN7O2. The average Bonchev–Trinajstić information content (AvgIpc) is 3.41. The van der Waals surface area contributed by atoms with Crippen LogP contribution in [0.2, 0.25) is 0 Å². The fraction of sp³-hybridized carbons (Fsp3) is 0.320. The molecule has 9 nitrogen and oxygen atoms in total. The molecule has 10 heteroatoms. The van der Waals surface area contributed by atoms with E-state index in [9.17, 15) is 0 Å². The predicted molar refractivity (Wildman–Crippen MR) is 132 cm³/mol. The zero-order chi connectivity index (χ0) is 24.9. The Labute approximate surface area is 202 Å². The van der Waals surface area contributed by atoms with Gasteiger partial charge in [0.15, 0.2) is 5.82 Å². The van der Waals surface area contributed by atoms with Gasteiger partial charge in [-0.25, -0.2) is 9.07 Å². The van der Waals surface area contributed by atoms with Crippen LogP contribution in [0.1, 0.15) is 28.3 Å². The van der Waals surface area contributed by atoms with Crippen molar-refractivity contribution in [2.75, 3.05) is 20.7 Å². The summed E-state index contributed by atoms with van der Waals surface area (Å²) in [5.41, 5.74) is 5.85. The number of ether oxygens (including phenoxy) is 2. The summed E-state index contributed by atoms with van der Waals surface area (Å²) in [5, 5.41) is 17.0. The van der Waals surface area contributed by atoms with Crippen molar-refractivity contribution < 1.29 is 13.9 Å². The number of likely N-dealkylation sites (N-methyl/N-ethyl adjacent to an activating group) is 1. The molecule has 0 unspecified atom stereocenters. The lowest BCUT2D eigenvalue weighted by molar-refractivity contribution is 0.181. The second-order valence-electron chi connectivity index (χ2n) is 8.89. The van der Waals surface area contributed by atoms with Crippen LogP contribution >= 0.6 is 0 Å². The molecule has 1 aromatic carbocycles. The summed E-state index contributed by atoms with van der Waals surface area (Å²) in [5.74, 6) is 0.576. The van der Waals surface area contributed by atoms with Crippen LogP contribution in [0, 0.1) is 12.7 Å². The quantitative estimate of drug-likeness (QED) is 0.473. The number of benzene rings is 1. The van der Waals surface area contributed by atoms with Gasteiger partial charge in [-0.2, -0.15) is 15.3 Å². The van der Waals surface area contributed by atoms with Crippen LogP contribution in [0.25, 0.3) is 34.2 Å². The average molecular weight is 478 g/mol. The molecule has 0 spiro atoms. The molecule has 4 aromatic rings. The van der Waals surface area contributed by atoms with Crippen molar-refractivity contribution in [2.45, 2.75) is 20.1 Å². The number of aromatic amines is 1. The predicted octanol–water partition coefficient (Wildman–Crippen LogP) is 3.80. The first kappa shape index (κ1) is 23.0. The Morgan fingerprint density at radius 2 is 1.94 bits per heavy atom. The van der Waals surface area contributed by atoms with E-state index in [1.54, 1.807) is 18.8 Å². The minimum Gasteiger partial charge on any atom is -0.442 e. The summed E-state index contributed by atoms with van der Waals surface area (Å²) in [6, 6.07) is 3.35. The SMILES string of the molecule is C=C1CN(C)Cc2c(c(C)nn2C)/C=C/c2[nH]nc3c(F)cc(cc23)-c2c(COC)nn(C)c2O1. The van der Waals surface area contributed by atoms with Crippen molar-refractivity contribution in [3.05, 3.63) is 58.6 Å². The molecule has 2 bridgehead atoms. The molecule has 35 heavy (non-hydrogen) atoms. The molecule has 0 aliphatic carbocycles. The molecule has 3 aromatic heterocycles. The fourth-order valence-corrected chi connectivity index (χ4v) is 4.65.